The topological polar surface area (TPSA) is 55.8 Å². The maximum atomic E-state index is 11.7. The second-order valence-electron chi connectivity index (χ2n) is 5.12. The Morgan fingerprint density at radius 2 is 2.05 bits per heavy atom. The maximum absolute atomic E-state index is 11.7. The number of ether oxygens (including phenoxy) is 2. The second kappa shape index (κ2) is 4.30. The van der Waals surface area contributed by atoms with E-state index in [9.17, 15) is 9.90 Å². The Morgan fingerprint density at radius 3 is 2.63 bits per heavy atom. The van der Waals surface area contributed by atoms with Gasteiger partial charge in [-0.15, -0.1) is 0 Å². The summed E-state index contributed by atoms with van der Waals surface area (Å²) in [6.07, 6.45) is 2.16. The highest BCUT2D eigenvalue weighted by Gasteiger charge is 2.50. The first-order chi connectivity index (χ1) is 9.06. The lowest BCUT2D eigenvalue weighted by Gasteiger charge is -2.41. The van der Waals surface area contributed by atoms with Crippen molar-refractivity contribution in [2.24, 2.45) is 0 Å². The lowest BCUT2D eigenvalue weighted by atomic mass is 9.63. The van der Waals surface area contributed by atoms with E-state index in [2.05, 4.69) is 0 Å². The molecule has 5 heteroatoms. The molecule has 1 N–H and O–H groups in total. The molecule has 1 fully saturated rings. The summed E-state index contributed by atoms with van der Waals surface area (Å²) in [5.74, 6) is 0.320. The fraction of sp³-hybridized carbons (Fsp3) is 0.500. The van der Waals surface area contributed by atoms with Crippen LogP contribution in [0.5, 0.6) is 11.5 Å². The molecule has 0 unspecified atom stereocenters. The van der Waals surface area contributed by atoms with Crippen LogP contribution in [0.15, 0.2) is 6.07 Å². The monoisotopic (exact) mass is 282 g/mol. The van der Waals surface area contributed by atoms with E-state index >= 15 is 0 Å². The fourth-order valence-corrected chi connectivity index (χ4v) is 3.12. The van der Waals surface area contributed by atoms with Crippen LogP contribution in [-0.4, -0.2) is 24.3 Å². The minimum Gasteiger partial charge on any atom is -0.486 e. The van der Waals surface area contributed by atoms with Gasteiger partial charge in [0.25, 0.3) is 0 Å². The molecule has 19 heavy (non-hydrogen) atoms. The molecule has 0 atom stereocenters. The average Bonchev–Trinajstić information content (AvgIpc) is 2.32. The molecule has 1 aromatic rings. The van der Waals surface area contributed by atoms with Crippen molar-refractivity contribution < 1.29 is 19.4 Å². The summed E-state index contributed by atoms with van der Waals surface area (Å²) in [6.45, 7) is 2.75. The molecule has 4 nitrogen and oxygen atoms in total. The van der Waals surface area contributed by atoms with E-state index in [1.54, 1.807) is 6.07 Å². The Kier molecular flexibility index (Phi) is 2.86. The van der Waals surface area contributed by atoms with Crippen molar-refractivity contribution in [2.45, 2.75) is 31.6 Å². The van der Waals surface area contributed by atoms with Crippen LogP contribution >= 0.6 is 11.6 Å². The number of carboxylic acids is 1. The number of aliphatic carboxylic acids is 1. The van der Waals surface area contributed by atoms with Crippen LogP contribution in [0, 0.1) is 6.92 Å². The zero-order chi connectivity index (χ0) is 13.6. The van der Waals surface area contributed by atoms with Gasteiger partial charge in [-0.2, -0.15) is 0 Å². The van der Waals surface area contributed by atoms with Gasteiger partial charge in [0.1, 0.15) is 13.2 Å². The van der Waals surface area contributed by atoms with E-state index in [1.807, 2.05) is 6.92 Å². The lowest BCUT2D eigenvalue weighted by molar-refractivity contribution is -0.147. The van der Waals surface area contributed by atoms with Gasteiger partial charge in [0.05, 0.1) is 5.41 Å². The summed E-state index contributed by atoms with van der Waals surface area (Å²) in [7, 11) is 0. The van der Waals surface area contributed by atoms with Gasteiger partial charge in [-0.25, -0.2) is 0 Å². The van der Waals surface area contributed by atoms with E-state index in [0.717, 1.165) is 12.0 Å². The largest absolute Gasteiger partial charge is 0.486 e. The summed E-state index contributed by atoms with van der Waals surface area (Å²) in [5, 5.41) is 10.1. The number of halogens is 1. The summed E-state index contributed by atoms with van der Waals surface area (Å²) >= 11 is 6.21. The standard InChI is InChI=1S/C14H15ClO4/c1-8-9(15)7-10-12(19-6-5-18-10)11(8)14(13(16)17)3-2-4-14/h7H,2-6H2,1H3,(H,16,17). The van der Waals surface area contributed by atoms with Crippen molar-refractivity contribution in [3.63, 3.8) is 0 Å². The van der Waals surface area contributed by atoms with Gasteiger partial charge in [-0.3, -0.25) is 4.79 Å². The predicted molar refractivity (Wildman–Crippen MR) is 70.3 cm³/mol. The van der Waals surface area contributed by atoms with Crippen molar-refractivity contribution in [1.82, 2.24) is 0 Å². The lowest BCUT2D eigenvalue weighted by Crippen LogP contribution is -2.43. The molecule has 2 aliphatic rings. The number of rotatable bonds is 2. The second-order valence-corrected chi connectivity index (χ2v) is 5.53. The van der Waals surface area contributed by atoms with Crippen LogP contribution in [0.1, 0.15) is 30.4 Å². The molecule has 1 heterocycles. The van der Waals surface area contributed by atoms with Crippen molar-refractivity contribution in [2.75, 3.05) is 13.2 Å². The molecule has 1 saturated carbocycles. The molecule has 1 aliphatic heterocycles. The summed E-state index contributed by atoms with van der Waals surface area (Å²) in [5.41, 5.74) is 0.626. The molecule has 0 amide bonds. The van der Waals surface area contributed by atoms with Gasteiger partial charge >= 0.3 is 5.97 Å². The maximum Gasteiger partial charge on any atom is 0.314 e. The Hall–Kier alpha value is -1.42. The Bertz CT molecular complexity index is 549. The van der Waals surface area contributed by atoms with E-state index in [1.165, 1.54) is 0 Å². The van der Waals surface area contributed by atoms with Gasteiger partial charge < -0.3 is 14.6 Å². The van der Waals surface area contributed by atoms with Crippen LogP contribution in [-0.2, 0) is 10.2 Å². The van der Waals surface area contributed by atoms with Crippen LogP contribution in [0.2, 0.25) is 5.02 Å². The van der Waals surface area contributed by atoms with E-state index in [4.69, 9.17) is 21.1 Å². The molecule has 1 aliphatic carbocycles. The molecule has 0 saturated heterocycles. The number of benzene rings is 1. The van der Waals surface area contributed by atoms with Gasteiger partial charge in [0.15, 0.2) is 11.5 Å². The zero-order valence-electron chi connectivity index (χ0n) is 10.7. The van der Waals surface area contributed by atoms with E-state index < -0.39 is 11.4 Å². The van der Waals surface area contributed by atoms with Gasteiger partial charge in [0, 0.05) is 16.7 Å². The summed E-state index contributed by atoms with van der Waals surface area (Å²) < 4.78 is 11.2. The highest BCUT2D eigenvalue weighted by molar-refractivity contribution is 6.31. The molecule has 0 spiro atoms. The van der Waals surface area contributed by atoms with Crippen molar-refractivity contribution in [3.05, 3.63) is 22.2 Å². The predicted octanol–water partition coefficient (Wildman–Crippen LogP) is 2.93. The Labute approximate surface area is 116 Å². The van der Waals surface area contributed by atoms with Gasteiger partial charge in [-0.05, 0) is 25.3 Å². The zero-order valence-corrected chi connectivity index (χ0v) is 11.4. The smallest absolute Gasteiger partial charge is 0.314 e. The molecular weight excluding hydrogens is 268 g/mol. The first-order valence-electron chi connectivity index (χ1n) is 6.39. The van der Waals surface area contributed by atoms with Crippen LogP contribution < -0.4 is 9.47 Å². The van der Waals surface area contributed by atoms with Gasteiger partial charge in [0.2, 0.25) is 0 Å². The molecule has 0 radical (unpaired) electrons. The third-order valence-corrected chi connectivity index (χ3v) is 4.52. The van der Waals surface area contributed by atoms with Crippen LogP contribution in [0.4, 0.5) is 0 Å². The third kappa shape index (κ3) is 1.70. The summed E-state index contributed by atoms with van der Waals surface area (Å²) in [6, 6.07) is 1.71. The molecule has 0 bridgehead atoms. The number of hydrogen-bond donors (Lipinski definition) is 1. The fourth-order valence-electron chi connectivity index (χ4n) is 2.93. The molecule has 102 valence electrons. The third-order valence-electron chi connectivity index (χ3n) is 4.12. The highest BCUT2D eigenvalue weighted by Crippen LogP contribution is 2.53. The molecular formula is C14H15ClO4. The Balaban J connectivity index is 2.24. The normalized spacial score (nSPS) is 19.7. The molecule has 1 aromatic carbocycles. The number of carbonyl (C=O) groups is 1. The number of fused-ring (bicyclic) bond motifs is 1. The SMILES string of the molecule is Cc1c(Cl)cc2c(c1C1(C(=O)O)CCC1)OCCO2. The van der Waals surface area contributed by atoms with Crippen molar-refractivity contribution >= 4 is 17.6 Å². The van der Waals surface area contributed by atoms with Crippen LogP contribution in [0.3, 0.4) is 0 Å². The quantitative estimate of drug-likeness (QED) is 0.906. The molecule has 3 rings (SSSR count). The van der Waals surface area contributed by atoms with E-state index in [0.29, 0.717) is 48.1 Å². The minimum absolute atomic E-state index is 0.441. The van der Waals surface area contributed by atoms with Crippen LogP contribution in [0.25, 0.3) is 0 Å². The van der Waals surface area contributed by atoms with E-state index in [-0.39, 0.29) is 0 Å². The minimum atomic E-state index is -0.861. The average molecular weight is 283 g/mol. The number of hydrogen-bond acceptors (Lipinski definition) is 3. The first-order valence-corrected chi connectivity index (χ1v) is 6.76. The molecule has 0 aromatic heterocycles. The Morgan fingerprint density at radius 1 is 1.37 bits per heavy atom. The van der Waals surface area contributed by atoms with Crippen molar-refractivity contribution in [1.29, 1.82) is 0 Å². The van der Waals surface area contributed by atoms with Crippen molar-refractivity contribution in [3.8, 4) is 11.5 Å². The van der Waals surface area contributed by atoms with Gasteiger partial charge in [-0.1, -0.05) is 18.0 Å². The summed E-state index contributed by atoms with van der Waals surface area (Å²) in [4.78, 5) is 11.7. The first kappa shape index (κ1) is 12.6. The number of carboxylic acid groups (broad SMARTS) is 1. The highest BCUT2D eigenvalue weighted by atomic mass is 35.5.